The van der Waals surface area contributed by atoms with Gasteiger partial charge >= 0.3 is 0 Å². The molecule has 0 aliphatic carbocycles. The largest absolute Gasteiger partial charge is 0.490 e. The Morgan fingerprint density at radius 2 is 1.85 bits per heavy atom. The summed E-state index contributed by atoms with van der Waals surface area (Å²) < 4.78 is 6.12. The Bertz CT molecular complexity index is 1780. The van der Waals surface area contributed by atoms with E-state index in [-0.39, 0.29) is 30.1 Å². The number of primary amides is 1. The fraction of sp³-hybridized carbons (Fsp3) is 0.306. The van der Waals surface area contributed by atoms with Crippen LogP contribution in [0.5, 0.6) is 5.75 Å². The van der Waals surface area contributed by atoms with E-state index in [2.05, 4.69) is 27.5 Å². The number of rotatable bonds is 11. The molecule has 1 aromatic heterocycles. The van der Waals surface area contributed by atoms with Crippen LogP contribution in [-0.2, 0) is 11.2 Å². The first-order chi connectivity index (χ1) is 22.2. The third-order valence-electron chi connectivity index (χ3n) is 7.87. The van der Waals surface area contributed by atoms with Crippen molar-refractivity contribution in [2.75, 3.05) is 39.3 Å². The zero-order valence-electron chi connectivity index (χ0n) is 26.1. The van der Waals surface area contributed by atoms with Gasteiger partial charge in [-0.1, -0.05) is 30.0 Å². The number of benzene rings is 3. The fourth-order valence-corrected chi connectivity index (χ4v) is 5.58. The molecule has 0 saturated carbocycles. The van der Waals surface area contributed by atoms with Crippen molar-refractivity contribution < 1.29 is 24.2 Å². The van der Waals surface area contributed by atoms with Crippen LogP contribution >= 0.6 is 0 Å². The summed E-state index contributed by atoms with van der Waals surface area (Å²) in [5, 5.41) is 17.3. The van der Waals surface area contributed by atoms with Crippen LogP contribution in [0.2, 0.25) is 0 Å². The SMILES string of the molecule is CC(C)Oc1c(C(N)=O)cc(C#Cc2ccc(C(=O)NCCN3CCNC(=O)C3)cc2)cc1[C@H](CO)Cc1c[nH]c2ccccc12. The van der Waals surface area contributed by atoms with Crippen LogP contribution in [0.1, 0.15) is 62.7 Å². The predicted octanol–water partition coefficient (Wildman–Crippen LogP) is 2.93. The van der Waals surface area contributed by atoms with E-state index in [0.717, 1.165) is 23.0 Å². The number of amides is 3. The smallest absolute Gasteiger partial charge is 0.252 e. The van der Waals surface area contributed by atoms with Crippen LogP contribution in [0.25, 0.3) is 10.9 Å². The number of aliphatic hydroxyl groups excluding tert-OH is 1. The van der Waals surface area contributed by atoms with E-state index in [1.807, 2.05) is 55.3 Å². The number of aromatic amines is 1. The van der Waals surface area contributed by atoms with Gasteiger partial charge < -0.3 is 31.2 Å². The van der Waals surface area contributed by atoms with Gasteiger partial charge in [-0.3, -0.25) is 19.3 Å². The lowest BCUT2D eigenvalue weighted by atomic mass is 9.88. The van der Waals surface area contributed by atoms with E-state index in [1.54, 1.807) is 30.3 Å². The fourth-order valence-electron chi connectivity index (χ4n) is 5.58. The Balaban J connectivity index is 1.36. The van der Waals surface area contributed by atoms with Gasteiger partial charge in [0.25, 0.3) is 11.8 Å². The van der Waals surface area contributed by atoms with Gasteiger partial charge in [-0.25, -0.2) is 0 Å². The molecule has 0 radical (unpaired) electrons. The van der Waals surface area contributed by atoms with E-state index >= 15 is 0 Å². The topological polar surface area (TPSA) is 150 Å². The van der Waals surface area contributed by atoms with Crippen molar-refractivity contribution in [3.05, 3.63) is 100 Å². The second kappa shape index (κ2) is 14.8. The molecular weight excluding hydrogens is 582 g/mol. The number of hydrogen-bond acceptors (Lipinski definition) is 6. The first-order valence-electron chi connectivity index (χ1n) is 15.4. The molecule has 1 aliphatic rings. The van der Waals surface area contributed by atoms with Crippen LogP contribution in [0.4, 0.5) is 0 Å². The van der Waals surface area contributed by atoms with Gasteiger partial charge in [-0.05, 0) is 68.3 Å². The number of nitrogens with two attached hydrogens (primary N) is 1. The highest BCUT2D eigenvalue weighted by Crippen LogP contribution is 2.35. The number of nitrogens with zero attached hydrogens (tertiary/aromatic N) is 1. The Kier molecular flexibility index (Phi) is 10.4. The van der Waals surface area contributed by atoms with Crippen molar-refractivity contribution in [3.8, 4) is 17.6 Å². The van der Waals surface area contributed by atoms with Crippen molar-refractivity contribution in [3.63, 3.8) is 0 Å². The molecule has 3 aromatic carbocycles. The maximum absolute atomic E-state index is 12.6. The number of aromatic nitrogens is 1. The minimum atomic E-state index is -0.650. The maximum Gasteiger partial charge on any atom is 0.252 e. The molecular formula is C36H39N5O5. The van der Waals surface area contributed by atoms with Crippen LogP contribution < -0.4 is 21.1 Å². The molecule has 1 aliphatic heterocycles. The highest BCUT2D eigenvalue weighted by Gasteiger charge is 2.24. The third-order valence-corrected chi connectivity index (χ3v) is 7.87. The van der Waals surface area contributed by atoms with E-state index in [0.29, 0.717) is 60.6 Å². The summed E-state index contributed by atoms with van der Waals surface area (Å²) in [7, 11) is 0. The summed E-state index contributed by atoms with van der Waals surface area (Å²) in [4.78, 5) is 42.1. The molecule has 5 rings (SSSR count). The molecule has 0 spiro atoms. The third kappa shape index (κ3) is 7.93. The molecule has 0 unspecified atom stereocenters. The molecule has 10 nitrogen and oxygen atoms in total. The average Bonchev–Trinajstić information content (AvgIpc) is 3.45. The molecule has 238 valence electrons. The molecule has 46 heavy (non-hydrogen) atoms. The van der Waals surface area contributed by atoms with Crippen LogP contribution in [-0.4, -0.2) is 78.1 Å². The number of ether oxygens (including phenoxy) is 1. The lowest BCUT2D eigenvalue weighted by Gasteiger charge is -2.26. The highest BCUT2D eigenvalue weighted by atomic mass is 16.5. The van der Waals surface area contributed by atoms with Crippen LogP contribution in [0.15, 0.2) is 66.9 Å². The standard InChI is InChI=1S/C36H39N5O5/c1-23(2)46-34-30(28(22-42)19-27-20-40-32-6-4-3-5-29(27)32)17-25(18-31(34)35(37)44)8-7-24-9-11-26(12-10-24)36(45)39-14-16-41-15-13-38-33(43)21-41/h3-6,9-12,17-18,20,23,28,40,42H,13-16,19,21-22H2,1-2H3,(H2,37,44)(H,38,43)(H,39,45)/t28-/m0/s1. The minimum absolute atomic E-state index is 0.00478. The highest BCUT2D eigenvalue weighted by molar-refractivity contribution is 5.97. The summed E-state index contributed by atoms with van der Waals surface area (Å²) in [6.45, 7) is 6.30. The number of para-hydroxylation sites is 1. The van der Waals surface area contributed by atoms with Gasteiger partial charge in [0.15, 0.2) is 0 Å². The Morgan fingerprint density at radius 3 is 2.57 bits per heavy atom. The Labute approximate surface area is 268 Å². The number of carbonyl (C=O) groups is 3. The van der Waals surface area contributed by atoms with Gasteiger partial charge in [0.1, 0.15) is 5.75 Å². The monoisotopic (exact) mass is 621 g/mol. The molecule has 1 atom stereocenters. The zero-order chi connectivity index (χ0) is 32.6. The summed E-state index contributed by atoms with van der Waals surface area (Å²) in [6.07, 6.45) is 2.21. The number of H-pyrrole nitrogens is 1. The second-order valence-electron chi connectivity index (χ2n) is 11.6. The lowest BCUT2D eigenvalue weighted by molar-refractivity contribution is -0.124. The summed E-state index contributed by atoms with van der Waals surface area (Å²) >= 11 is 0. The summed E-state index contributed by atoms with van der Waals surface area (Å²) in [6, 6.07) is 18.4. The Morgan fingerprint density at radius 1 is 1.09 bits per heavy atom. The van der Waals surface area contributed by atoms with Crippen LogP contribution in [0, 0.1) is 11.8 Å². The number of aliphatic hydroxyl groups is 1. The molecule has 4 aromatic rings. The molecule has 10 heteroatoms. The molecule has 0 bridgehead atoms. The van der Waals surface area contributed by atoms with Crippen LogP contribution in [0.3, 0.4) is 0 Å². The van der Waals surface area contributed by atoms with Gasteiger partial charge in [-0.2, -0.15) is 0 Å². The number of hydrogen-bond donors (Lipinski definition) is 5. The van der Waals surface area contributed by atoms with E-state index in [1.165, 1.54) is 0 Å². The van der Waals surface area contributed by atoms with Crippen molar-refractivity contribution in [2.24, 2.45) is 5.73 Å². The number of carbonyl (C=O) groups excluding carboxylic acids is 3. The van der Waals surface area contributed by atoms with Gasteiger partial charge in [0.05, 0.1) is 24.8 Å². The van der Waals surface area contributed by atoms with Crippen molar-refractivity contribution in [2.45, 2.75) is 32.3 Å². The zero-order valence-corrected chi connectivity index (χ0v) is 26.1. The number of piperazine rings is 1. The number of fused-ring (bicyclic) bond motifs is 1. The van der Waals surface area contributed by atoms with E-state index < -0.39 is 11.8 Å². The van der Waals surface area contributed by atoms with Gasteiger partial charge in [0, 0.05) is 71.5 Å². The maximum atomic E-state index is 12.6. The van der Waals surface area contributed by atoms with Crippen molar-refractivity contribution in [1.29, 1.82) is 0 Å². The first kappa shape index (κ1) is 32.3. The Hall–Kier alpha value is -5.11. The number of nitrogens with one attached hydrogen (secondary N) is 3. The molecule has 2 heterocycles. The quantitative estimate of drug-likeness (QED) is 0.163. The second-order valence-corrected chi connectivity index (χ2v) is 11.6. The van der Waals surface area contributed by atoms with Crippen molar-refractivity contribution in [1.82, 2.24) is 20.5 Å². The summed E-state index contributed by atoms with van der Waals surface area (Å²) in [5.41, 5.74) is 10.4. The lowest BCUT2D eigenvalue weighted by Crippen LogP contribution is -2.49. The van der Waals surface area contributed by atoms with E-state index in [9.17, 15) is 19.5 Å². The molecule has 3 amide bonds. The van der Waals surface area contributed by atoms with E-state index in [4.69, 9.17) is 10.5 Å². The van der Waals surface area contributed by atoms with Crippen molar-refractivity contribution >= 4 is 28.6 Å². The summed E-state index contributed by atoms with van der Waals surface area (Å²) in [5.74, 6) is 5.34. The minimum Gasteiger partial charge on any atom is -0.490 e. The first-order valence-corrected chi connectivity index (χ1v) is 15.4. The molecule has 1 fully saturated rings. The average molecular weight is 622 g/mol. The molecule has 1 saturated heterocycles. The van der Waals surface area contributed by atoms with Gasteiger partial charge in [-0.15, -0.1) is 0 Å². The normalized spacial score (nSPS) is 14.0. The predicted molar refractivity (Wildman–Crippen MR) is 177 cm³/mol. The molecule has 6 N–H and O–H groups in total. The van der Waals surface area contributed by atoms with Gasteiger partial charge in [0.2, 0.25) is 5.91 Å².